The molecule has 0 aliphatic heterocycles. The monoisotopic (exact) mass is 235 g/mol. The lowest BCUT2D eigenvalue weighted by atomic mass is 10.0. The molecule has 2 heteroatoms. The second-order valence-corrected chi connectivity index (χ2v) is 6.34. The van der Waals surface area contributed by atoms with Gasteiger partial charge in [0.25, 0.3) is 0 Å². The molecule has 0 atom stereocenters. The van der Waals surface area contributed by atoms with Gasteiger partial charge in [0, 0.05) is 12.6 Å². The van der Waals surface area contributed by atoms with E-state index in [2.05, 4.69) is 33.0 Å². The molecule has 1 aliphatic rings. The summed E-state index contributed by atoms with van der Waals surface area (Å²) in [6.07, 6.45) is 0. The summed E-state index contributed by atoms with van der Waals surface area (Å²) in [5, 5.41) is 3.58. The van der Waals surface area contributed by atoms with Gasteiger partial charge in [-0.15, -0.1) is 0 Å². The molecule has 0 saturated heterocycles. The Balaban J connectivity index is 1.98. The number of hydrogen-bond acceptors (Lipinski definition) is 1. The normalized spacial score (nSPS) is 21.5. The van der Waals surface area contributed by atoms with Crippen LogP contribution in [0.4, 0.5) is 4.39 Å². The Hall–Kier alpha value is -0.890. The summed E-state index contributed by atoms with van der Waals surface area (Å²) in [6, 6.07) is 5.87. The van der Waals surface area contributed by atoms with E-state index in [0.29, 0.717) is 16.9 Å². The van der Waals surface area contributed by atoms with Gasteiger partial charge in [0.15, 0.2) is 0 Å². The molecule has 94 valence electrons. The van der Waals surface area contributed by atoms with Gasteiger partial charge in [-0.3, -0.25) is 0 Å². The first-order valence-corrected chi connectivity index (χ1v) is 6.25. The second kappa shape index (κ2) is 3.81. The SMILES string of the molecule is Cc1cc(CNC2C(C)(C)C2(C)C)ccc1F. The van der Waals surface area contributed by atoms with E-state index < -0.39 is 0 Å². The number of aryl methyl sites for hydroxylation is 1. The van der Waals surface area contributed by atoms with Gasteiger partial charge in [0.1, 0.15) is 5.82 Å². The Morgan fingerprint density at radius 3 is 2.24 bits per heavy atom. The van der Waals surface area contributed by atoms with E-state index in [0.717, 1.165) is 17.7 Å². The van der Waals surface area contributed by atoms with Crippen LogP contribution in [0.25, 0.3) is 0 Å². The van der Waals surface area contributed by atoms with Gasteiger partial charge in [-0.25, -0.2) is 4.39 Å². The zero-order chi connectivity index (χ0) is 12.8. The average molecular weight is 235 g/mol. The molecule has 0 bridgehead atoms. The zero-order valence-electron chi connectivity index (χ0n) is 11.4. The molecule has 1 fully saturated rings. The molecule has 0 radical (unpaired) electrons. The van der Waals surface area contributed by atoms with Crippen LogP contribution in [-0.4, -0.2) is 6.04 Å². The highest BCUT2D eigenvalue weighted by Crippen LogP contribution is 2.62. The van der Waals surface area contributed by atoms with Crippen molar-refractivity contribution >= 4 is 0 Å². The molecule has 0 amide bonds. The van der Waals surface area contributed by atoms with Crippen LogP contribution in [0.5, 0.6) is 0 Å². The van der Waals surface area contributed by atoms with Crippen molar-refractivity contribution in [1.82, 2.24) is 5.32 Å². The third-order valence-electron chi connectivity index (χ3n) is 4.75. The number of hydrogen-bond donors (Lipinski definition) is 1. The standard InChI is InChI=1S/C15H22FN/c1-10-8-11(6-7-12(10)16)9-17-13-14(2,3)15(13,4)5/h6-8,13,17H,9H2,1-5H3. The largest absolute Gasteiger partial charge is 0.309 e. The summed E-state index contributed by atoms with van der Waals surface area (Å²) in [7, 11) is 0. The Bertz CT molecular complexity index is 421. The Labute approximate surface area is 103 Å². The van der Waals surface area contributed by atoms with Crippen molar-refractivity contribution in [3.8, 4) is 0 Å². The van der Waals surface area contributed by atoms with Crippen LogP contribution in [0.3, 0.4) is 0 Å². The van der Waals surface area contributed by atoms with E-state index >= 15 is 0 Å². The molecular weight excluding hydrogens is 213 g/mol. The van der Waals surface area contributed by atoms with Gasteiger partial charge < -0.3 is 5.32 Å². The molecule has 17 heavy (non-hydrogen) atoms. The fourth-order valence-electron chi connectivity index (χ4n) is 2.74. The van der Waals surface area contributed by atoms with Crippen LogP contribution in [0.2, 0.25) is 0 Å². The van der Waals surface area contributed by atoms with Crippen molar-refractivity contribution in [1.29, 1.82) is 0 Å². The summed E-state index contributed by atoms with van der Waals surface area (Å²) < 4.78 is 13.1. The van der Waals surface area contributed by atoms with E-state index in [-0.39, 0.29) is 5.82 Å². The van der Waals surface area contributed by atoms with Crippen LogP contribution < -0.4 is 5.32 Å². The van der Waals surface area contributed by atoms with Gasteiger partial charge in [-0.05, 0) is 34.9 Å². The third kappa shape index (κ3) is 1.99. The highest BCUT2D eigenvalue weighted by molar-refractivity contribution is 5.25. The van der Waals surface area contributed by atoms with Crippen LogP contribution in [0, 0.1) is 23.6 Å². The fourth-order valence-corrected chi connectivity index (χ4v) is 2.74. The van der Waals surface area contributed by atoms with E-state index in [1.54, 1.807) is 6.07 Å². The minimum Gasteiger partial charge on any atom is -0.309 e. The molecule has 1 saturated carbocycles. The maximum absolute atomic E-state index is 13.1. The molecule has 1 aliphatic carbocycles. The van der Waals surface area contributed by atoms with Crippen LogP contribution in [0.15, 0.2) is 18.2 Å². The molecule has 0 aromatic heterocycles. The van der Waals surface area contributed by atoms with Crippen LogP contribution in [-0.2, 0) is 6.54 Å². The molecular formula is C15H22FN. The summed E-state index contributed by atoms with van der Waals surface area (Å²) >= 11 is 0. The van der Waals surface area contributed by atoms with Crippen molar-refractivity contribution in [2.24, 2.45) is 10.8 Å². The first-order chi connectivity index (χ1) is 7.76. The number of rotatable bonds is 3. The van der Waals surface area contributed by atoms with E-state index in [1.807, 2.05) is 19.1 Å². The lowest BCUT2D eigenvalue weighted by Gasteiger charge is -2.07. The van der Waals surface area contributed by atoms with E-state index in [1.165, 1.54) is 0 Å². The summed E-state index contributed by atoms with van der Waals surface area (Å²) in [5.41, 5.74) is 2.57. The molecule has 1 N–H and O–H groups in total. The van der Waals surface area contributed by atoms with Crippen molar-refractivity contribution in [3.63, 3.8) is 0 Å². The minimum absolute atomic E-state index is 0.124. The first kappa shape index (κ1) is 12.6. The topological polar surface area (TPSA) is 12.0 Å². The third-order valence-corrected chi connectivity index (χ3v) is 4.75. The highest BCUT2D eigenvalue weighted by atomic mass is 19.1. The number of halogens is 1. The van der Waals surface area contributed by atoms with E-state index in [9.17, 15) is 4.39 Å². The Kier molecular flexibility index (Phi) is 2.81. The Morgan fingerprint density at radius 1 is 1.18 bits per heavy atom. The molecule has 1 nitrogen and oxygen atoms in total. The first-order valence-electron chi connectivity index (χ1n) is 6.25. The summed E-state index contributed by atoms with van der Waals surface area (Å²) in [5.74, 6) is -0.124. The quantitative estimate of drug-likeness (QED) is 0.843. The smallest absolute Gasteiger partial charge is 0.126 e. The van der Waals surface area contributed by atoms with Gasteiger partial charge in [0.05, 0.1) is 0 Å². The minimum atomic E-state index is -0.124. The molecule has 0 unspecified atom stereocenters. The van der Waals surface area contributed by atoms with Crippen LogP contribution in [0.1, 0.15) is 38.8 Å². The Morgan fingerprint density at radius 2 is 1.76 bits per heavy atom. The fraction of sp³-hybridized carbons (Fsp3) is 0.600. The van der Waals surface area contributed by atoms with Gasteiger partial charge >= 0.3 is 0 Å². The average Bonchev–Trinajstić information content (AvgIpc) is 2.61. The number of benzene rings is 1. The molecule has 1 aromatic rings. The summed E-state index contributed by atoms with van der Waals surface area (Å²) in [6.45, 7) is 11.8. The van der Waals surface area contributed by atoms with Crippen LogP contribution >= 0.6 is 0 Å². The van der Waals surface area contributed by atoms with Gasteiger partial charge in [-0.2, -0.15) is 0 Å². The van der Waals surface area contributed by atoms with Crippen molar-refractivity contribution < 1.29 is 4.39 Å². The zero-order valence-corrected chi connectivity index (χ0v) is 11.4. The maximum atomic E-state index is 13.1. The maximum Gasteiger partial charge on any atom is 0.126 e. The number of nitrogens with one attached hydrogen (secondary N) is 1. The predicted octanol–water partition coefficient (Wildman–Crippen LogP) is 3.66. The van der Waals surface area contributed by atoms with E-state index in [4.69, 9.17) is 0 Å². The van der Waals surface area contributed by atoms with Crippen molar-refractivity contribution in [2.75, 3.05) is 0 Å². The van der Waals surface area contributed by atoms with Crippen molar-refractivity contribution in [3.05, 3.63) is 35.1 Å². The highest BCUT2D eigenvalue weighted by Gasteiger charge is 2.64. The summed E-state index contributed by atoms with van der Waals surface area (Å²) in [4.78, 5) is 0. The lowest BCUT2D eigenvalue weighted by molar-refractivity contribution is 0.457. The van der Waals surface area contributed by atoms with Gasteiger partial charge in [-0.1, -0.05) is 39.8 Å². The second-order valence-electron chi connectivity index (χ2n) is 6.34. The molecule has 0 spiro atoms. The molecule has 1 aromatic carbocycles. The molecule has 0 heterocycles. The predicted molar refractivity (Wildman–Crippen MR) is 69.3 cm³/mol. The lowest BCUT2D eigenvalue weighted by Crippen LogP contribution is -2.21. The van der Waals surface area contributed by atoms with Gasteiger partial charge in [0.2, 0.25) is 0 Å². The van der Waals surface area contributed by atoms with Crippen molar-refractivity contribution in [2.45, 2.75) is 47.2 Å². The molecule has 2 rings (SSSR count).